The van der Waals surface area contributed by atoms with Gasteiger partial charge in [0.15, 0.2) is 0 Å². The summed E-state index contributed by atoms with van der Waals surface area (Å²) in [4.78, 5) is 0. The Hall–Kier alpha value is -0.770. The molecule has 0 spiro atoms. The lowest BCUT2D eigenvalue weighted by Gasteiger charge is -2.09. The number of rotatable bonds is 5. The Bertz CT molecular complexity index is 553. The number of hydrogen-bond acceptors (Lipinski definition) is 2. The van der Waals surface area contributed by atoms with Crippen LogP contribution in [0.4, 0.5) is 0 Å². The molecule has 0 aliphatic heterocycles. The third kappa shape index (κ3) is 3.85. The Kier molecular flexibility index (Phi) is 5.08. The molecule has 0 aliphatic carbocycles. The molecule has 1 atom stereocenters. The molecule has 19 heavy (non-hydrogen) atoms. The van der Waals surface area contributed by atoms with Crippen LogP contribution < -0.4 is 5.32 Å². The Balaban J connectivity index is 2.16. The van der Waals surface area contributed by atoms with E-state index in [1.165, 1.54) is 0 Å². The molecule has 102 valence electrons. The van der Waals surface area contributed by atoms with E-state index in [9.17, 15) is 0 Å². The summed E-state index contributed by atoms with van der Waals surface area (Å²) in [7, 11) is 0. The summed E-state index contributed by atoms with van der Waals surface area (Å²) in [5.41, 5.74) is 1.02. The third-order valence-corrected chi connectivity index (χ3v) is 3.81. The van der Waals surface area contributed by atoms with E-state index < -0.39 is 0 Å². The predicted molar refractivity (Wildman–Crippen MR) is 83.7 cm³/mol. The van der Waals surface area contributed by atoms with Gasteiger partial charge in [0.05, 0.1) is 0 Å². The van der Waals surface area contributed by atoms with E-state index in [2.05, 4.69) is 35.1 Å². The molecule has 2 aromatic rings. The van der Waals surface area contributed by atoms with Crippen LogP contribution in [0.25, 0.3) is 11.3 Å². The highest BCUT2D eigenvalue weighted by molar-refractivity contribution is 9.10. The highest BCUT2D eigenvalue weighted by atomic mass is 79.9. The molecule has 1 aromatic carbocycles. The summed E-state index contributed by atoms with van der Waals surface area (Å²) in [5, 5.41) is 4.09. The van der Waals surface area contributed by atoms with Gasteiger partial charge >= 0.3 is 0 Å². The maximum atomic E-state index is 5.94. The molecule has 1 unspecified atom stereocenters. The van der Waals surface area contributed by atoms with Crippen LogP contribution in [0.2, 0.25) is 5.02 Å². The van der Waals surface area contributed by atoms with E-state index in [4.69, 9.17) is 16.0 Å². The molecule has 0 radical (unpaired) electrons. The van der Waals surface area contributed by atoms with Crippen molar-refractivity contribution in [3.05, 3.63) is 45.6 Å². The lowest BCUT2D eigenvalue weighted by Crippen LogP contribution is -2.27. The van der Waals surface area contributed by atoms with Crippen LogP contribution in [0.1, 0.15) is 19.6 Å². The number of halogens is 2. The lowest BCUT2D eigenvalue weighted by atomic mass is 10.2. The van der Waals surface area contributed by atoms with E-state index in [1.807, 2.05) is 30.3 Å². The molecule has 0 amide bonds. The lowest BCUT2D eigenvalue weighted by molar-refractivity contribution is 0.470. The summed E-state index contributed by atoms with van der Waals surface area (Å²) in [5.74, 6) is 1.85. The van der Waals surface area contributed by atoms with Gasteiger partial charge in [0.25, 0.3) is 0 Å². The van der Waals surface area contributed by atoms with Crippen molar-refractivity contribution >= 4 is 27.5 Å². The van der Waals surface area contributed by atoms with Gasteiger partial charge in [-0.15, -0.1) is 0 Å². The Morgan fingerprint density at radius 3 is 2.79 bits per heavy atom. The fourth-order valence-electron chi connectivity index (χ4n) is 2.04. The summed E-state index contributed by atoms with van der Waals surface area (Å²) >= 11 is 9.46. The number of likely N-dealkylation sites (N-methyl/N-ethyl adjacent to an activating group) is 1. The standard InChI is InChI=1S/C15H17BrClNO/c1-3-18-10(2)8-12-5-7-15(19-12)13-6-4-11(17)9-14(13)16/h4-7,9-10,18H,3,8H2,1-2H3. The van der Waals surface area contributed by atoms with Crippen molar-refractivity contribution in [2.75, 3.05) is 6.54 Å². The van der Waals surface area contributed by atoms with Gasteiger partial charge in [-0.3, -0.25) is 0 Å². The topological polar surface area (TPSA) is 25.2 Å². The molecule has 1 aromatic heterocycles. The van der Waals surface area contributed by atoms with Crippen LogP contribution in [-0.4, -0.2) is 12.6 Å². The second kappa shape index (κ2) is 6.60. The van der Waals surface area contributed by atoms with Crippen molar-refractivity contribution in [2.45, 2.75) is 26.3 Å². The first kappa shape index (κ1) is 14.6. The van der Waals surface area contributed by atoms with Crippen molar-refractivity contribution in [3.8, 4) is 11.3 Å². The second-order valence-corrected chi connectivity index (χ2v) is 5.84. The van der Waals surface area contributed by atoms with Crippen LogP contribution in [0.5, 0.6) is 0 Å². The van der Waals surface area contributed by atoms with E-state index in [-0.39, 0.29) is 0 Å². The molecule has 1 N–H and O–H groups in total. The van der Waals surface area contributed by atoms with Crippen molar-refractivity contribution in [2.24, 2.45) is 0 Å². The fraction of sp³-hybridized carbons (Fsp3) is 0.333. The maximum absolute atomic E-state index is 5.94. The zero-order valence-corrected chi connectivity index (χ0v) is 13.4. The van der Waals surface area contributed by atoms with E-state index >= 15 is 0 Å². The van der Waals surface area contributed by atoms with Gasteiger partial charge < -0.3 is 9.73 Å². The molecule has 0 bridgehead atoms. The van der Waals surface area contributed by atoms with Gasteiger partial charge in [0.2, 0.25) is 0 Å². The molecule has 4 heteroatoms. The van der Waals surface area contributed by atoms with Gasteiger partial charge in [-0.25, -0.2) is 0 Å². The van der Waals surface area contributed by atoms with Crippen LogP contribution in [-0.2, 0) is 6.42 Å². The van der Waals surface area contributed by atoms with E-state index in [1.54, 1.807) is 0 Å². The zero-order chi connectivity index (χ0) is 13.8. The summed E-state index contributed by atoms with van der Waals surface area (Å²) in [6.45, 7) is 5.23. The van der Waals surface area contributed by atoms with E-state index in [0.717, 1.165) is 34.5 Å². The third-order valence-electron chi connectivity index (χ3n) is 2.92. The van der Waals surface area contributed by atoms with Crippen LogP contribution in [0.15, 0.2) is 39.2 Å². The summed E-state index contributed by atoms with van der Waals surface area (Å²) in [6.07, 6.45) is 0.888. The highest BCUT2D eigenvalue weighted by Gasteiger charge is 2.10. The van der Waals surface area contributed by atoms with Gasteiger partial charge in [0.1, 0.15) is 11.5 Å². The molecule has 0 saturated heterocycles. The normalized spacial score (nSPS) is 12.6. The van der Waals surface area contributed by atoms with Crippen molar-refractivity contribution in [1.29, 1.82) is 0 Å². The highest BCUT2D eigenvalue weighted by Crippen LogP contribution is 2.32. The molecule has 1 heterocycles. The second-order valence-electron chi connectivity index (χ2n) is 4.55. The van der Waals surface area contributed by atoms with Crippen molar-refractivity contribution < 1.29 is 4.42 Å². The Morgan fingerprint density at radius 2 is 2.11 bits per heavy atom. The average molecular weight is 343 g/mol. The van der Waals surface area contributed by atoms with Crippen molar-refractivity contribution in [3.63, 3.8) is 0 Å². The molecule has 2 nitrogen and oxygen atoms in total. The number of benzene rings is 1. The van der Waals surface area contributed by atoms with Crippen LogP contribution in [0, 0.1) is 0 Å². The molecule has 0 fully saturated rings. The SMILES string of the molecule is CCNC(C)Cc1ccc(-c2ccc(Cl)cc2Br)o1. The minimum Gasteiger partial charge on any atom is -0.461 e. The zero-order valence-electron chi connectivity index (χ0n) is 11.0. The van der Waals surface area contributed by atoms with Gasteiger partial charge in [0, 0.05) is 27.5 Å². The predicted octanol–water partition coefficient (Wildman–Crippen LogP) is 4.90. The molecule has 0 saturated carbocycles. The Morgan fingerprint density at radius 1 is 1.32 bits per heavy atom. The number of nitrogens with one attached hydrogen (secondary N) is 1. The van der Waals surface area contributed by atoms with Gasteiger partial charge in [-0.05, 0) is 59.7 Å². The van der Waals surface area contributed by atoms with Crippen LogP contribution in [0.3, 0.4) is 0 Å². The number of hydrogen-bond donors (Lipinski definition) is 1. The largest absolute Gasteiger partial charge is 0.461 e. The monoisotopic (exact) mass is 341 g/mol. The van der Waals surface area contributed by atoms with E-state index in [0.29, 0.717) is 11.1 Å². The summed E-state index contributed by atoms with van der Waals surface area (Å²) in [6, 6.07) is 10.2. The first-order chi connectivity index (χ1) is 9.10. The van der Waals surface area contributed by atoms with Gasteiger partial charge in [-0.1, -0.05) is 18.5 Å². The first-order valence-corrected chi connectivity index (χ1v) is 7.54. The first-order valence-electron chi connectivity index (χ1n) is 6.37. The molecule has 2 rings (SSSR count). The molecular weight excluding hydrogens is 326 g/mol. The van der Waals surface area contributed by atoms with Crippen molar-refractivity contribution in [1.82, 2.24) is 5.32 Å². The molecular formula is C15H17BrClNO. The maximum Gasteiger partial charge on any atom is 0.135 e. The van der Waals surface area contributed by atoms with Crippen LogP contribution >= 0.6 is 27.5 Å². The molecule has 0 aliphatic rings. The Labute approximate surface area is 127 Å². The minimum absolute atomic E-state index is 0.414. The summed E-state index contributed by atoms with van der Waals surface area (Å²) < 4.78 is 6.84. The average Bonchev–Trinajstić information content (AvgIpc) is 2.77. The minimum atomic E-state index is 0.414. The fourth-order valence-corrected chi connectivity index (χ4v) is 2.92. The quantitative estimate of drug-likeness (QED) is 0.835. The van der Waals surface area contributed by atoms with Gasteiger partial charge in [-0.2, -0.15) is 0 Å². The smallest absolute Gasteiger partial charge is 0.135 e. The number of furan rings is 1.